The third-order valence-corrected chi connectivity index (χ3v) is 2.77. The highest BCUT2D eigenvalue weighted by molar-refractivity contribution is 6.33. The maximum absolute atomic E-state index is 11.9. The van der Waals surface area contributed by atoms with E-state index in [1.807, 2.05) is 0 Å². The molecule has 0 aliphatic carbocycles. The summed E-state index contributed by atoms with van der Waals surface area (Å²) < 4.78 is 0. The van der Waals surface area contributed by atoms with Crippen LogP contribution in [0.5, 0.6) is 0 Å². The quantitative estimate of drug-likeness (QED) is 0.848. The summed E-state index contributed by atoms with van der Waals surface area (Å²) in [6, 6.07) is 0.239. The largest absolute Gasteiger partial charge is 0.335 e. The van der Waals surface area contributed by atoms with E-state index in [4.69, 9.17) is 11.6 Å². The van der Waals surface area contributed by atoms with E-state index in [-0.39, 0.29) is 30.0 Å². The number of nitrogens with one attached hydrogen (secondary N) is 1. The predicted octanol–water partition coefficient (Wildman–Crippen LogP) is 0.596. The van der Waals surface area contributed by atoms with Gasteiger partial charge >= 0.3 is 0 Å². The molecule has 7 heteroatoms. The van der Waals surface area contributed by atoms with Crippen LogP contribution in [0.4, 0.5) is 0 Å². The molecule has 88 valence electrons. The molecule has 1 fully saturated rings. The standard InChI is InChI=1S/C9H11ClN4O.ClH/c1-14(6-2-11-3-6)9(15)8-7(10)4-12-5-13-8;/h4-6,11H,2-3H2,1H3;1H. The van der Waals surface area contributed by atoms with Crippen LogP contribution >= 0.6 is 24.0 Å². The Hall–Kier alpha value is -0.910. The zero-order valence-corrected chi connectivity index (χ0v) is 10.3. The van der Waals surface area contributed by atoms with Crippen LogP contribution in [0.3, 0.4) is 0 Å². The first kappa shape index (κ1) is 13.2. The lowest BCUT2D eigenvalue weighted by molar-refractivity contribution is 0.0675. The molecule has 1 aliphatic rings. The van der Waals surface area contributed by atoms with Crippen LogP contribution in [0.15, 0.2) is 12.5 Å². The Labute approximate surface area is 105 Å². The summed E-state index contributed by atoms with van der Waals surface area (Å²) in [5, 5.41) is 3.40. The molecule has 5 nitrogen and oxygen atoms in total. The van der Waals surface area contributed by atoms with Gasteiger partial charge < -0.3 is 10.2 Å². The van der Waals surface area contributed by atoms with E-state index in [1.54, 1.807) is 11.9 Å². The molecule has 1 aromatic rings. The second kappa shape index (κ2) is 5.43. The number of likely N-dealkylation sites (N-methyl/N-ethyl adjacent to an activating group) is 1. The number of hydrogen-bond acceptors (Lipinski definition) is 4. The van der Waals surface area contributed by atoms with E-state index >= 15 is 0 Å². The van der Waals surface area contributed by atoms with Gasteiger partial charge in [-0.25, -0.2) is 9.97 Å². The average molecular weight is 263 g/mol. The van der Waals surface area contributed by atoms with Crippen molar-refractivity contribution in [1.29, 1.82) is 0 Å². The van der Waals surface area contributed by atoms with Crippen LogP contribution in [0.2, 0.25) is 5.02 Å². The maximum atomic E-state index is 11.9. The summed E-state index contributed by atoms with van der Waals surface area (Å²) in [6.45, 7) is 1.65. The summed E-state index contributed by atoms with van der Waals surface area (Å²) in [6.07, 6.45) is 2.75. The van der Waals surface area contributed by atoms with Gasteiger partial charge in [-0.1, -0.05) is 11.6 Å². The molecule has 1 N–H and O–H groups in total. The summed E-state index contributed by atoms with van der Waals surface area (Å²) in [5.74, 6) is -0.158. The van der Waals surface area contributed by atoms with Crippen molar-refractivity contribution in [1.82, 2.24) is 20.2 Å². The van der Waals surface area contributed by atoms with E-state index in [0.717, 1.165) is 13.1 Å². The molecule has 0 spiro atoms. The maximum Gasteiger partial charge on any atom is 0.274 e. The van der Waals surface area contributed by atoms with Gasteiger partial charge in [0.1, 0.15) is 12.0 Å². The number of hydrogen-bond donors (Lipinski definition) is 1. The van der Waals surface area contributed by atoms with E-state index in [1.165, 1.54) is 12.5 Å². The van der Waals surface area contributed by atoms with Crippen LogP contribution in [0, 0.1) is 0 Å². The number of nitrogens with zero attached hydrogens (tertiary/aromatic N) is 3. The molecule has 1 amide bonds. The lowest BCUT2D eigenvalue weighted by atomic mass is 10.1. The fourth-order valence-electron chi connectivity index (χ4n) is 1.35. The van der Waals surface area contributed by atoms with E-state index in [9.17, 15) is 4.79 Å². The molecule has 1 aromatic heterocycles. The Bertz CT molecular complexity index is 384. The van der Waals surface area contributed by atoms with Gasteiger partial charge in [0, 0.05) is 26.3 Å². The SMILES string of the molecule is CN(C(=O)c1ncncc1Cl)C1CNC1.Cl. The molecular weight excluding hydrogens is 251 g/mol. The van der Waals surface area contributed by atoms with Crippen LogP contribution < -0.4 is 5.32 Å². The Balaban J connectivity index is 0.00000128. The van der Waals surface area contributed by atoms with Crippen LogP contribution in [0.1, 0.15) is 10.5 Å². The molecule has 2 rings (SSSR count). The number of carbonyl (C=O) groups excluding carboxylic acids is 1. The number of halogens is 2. The number of aromatic nitrogens is 2. The van der Waals surface area contributed by atoms with Crippen molar-refractivity contribution in [3.05, 3.63) is 23.2 Å². The molecule has 0 aromatic carbocycles. The smallest absolute Gasteiger partial charge is 0.274 e. The first-order valence-electron chi connectivity index (χ1n) is 4.63. The van der Waals surface area contributed by atoms with Gasteiger partial charge in [-0.15, -0.1) is 12.4 Å². The second-order valence-corrected chi connectivity index (χ2v) is 3.85. The zero-order valence-electron chi connectivity index (χ0n) is 8.68. The molecule has 1 aliphatic heterocycles. The van der Waals surface area contributed by atoms with Crippen molar-refractivity contribution in [3.8, 4) is 0 Å². The summed E-state index contributed by atoms with van der Waals surface area (Å²) >= 11 is 5.84. The Morgan fingerprint density at radius 3 is 2.81 bits per heavy atom. The first-order chi connectivity index (χ1) is 7.20. The van der Waals surface area contributed by atoms with E-state index in [0.29, 0.717) is 5.02 Å². The lowest BCUT2D eigenvalue weighted by Gasteiger charge is -2.35. The van der Waals surface area contributed by atoms with Gasteiger partial charge in [-0.3, -0.25) is 4.79 Å². The van der Waals surface area contributed by atoms with Crippen LogP contribution in [-0.2, 0) is 0 Å². The monoisotopic (exact) mass is 262 g/mol. The van der Waals surface area contributed by atoms with Crippen LogP contribution in [0.25, 0.3) is 0 Å². The minimum Gasteiger partial charge on any atom is -0.335 e. The van der Waals surface area contributed by atoms with E-state index in [2.05, 4.69) is 15.3 Å². The summed E-state index contributed by atoms with van der Waals surface area (Å²) in [4.78, 5) is 21.2. The van der Waals surface area contributed by atoms with Gasteiger partial charge in [0.2, 0.25) is 0 Å². The third-order valence-electron chi connectivity index (χ3n) is 2.50. The third kappa shape index (κ3) is 2.42. The Morgan fingerprint density at radius 2 is 2.31 bits per heavy atom. The van der Waals surface area contributed by atoms with Crippen molar-refractivity contribution in [2.75, 3.05) is 20.1 Å². The van der Waals surface area contributed by atoms with Crippen molar-refractivity contribution in [3.63, 3.8) is 0 Å². The first-order valence-corrected chi connectivity index (χ1v) is 5.01. The fraction of sp³-hybridized carbons (Fsp3) is 0.444. The van der Waals surface area contributed by atoms with Crippen molar-refractivity contribution in [2.24, 2.45) is 0 Å². The van der Waals surface area contributed by atoms with Gasteiger partial charge in [-0.05, 0) is 0 Å². The minimum atomic E-state index is -0.158. The lowest BCUT2D eigenvalue weighted by Crippen LogP contribution is -2.57. The normalized spacial score (nSPS) is 14.9. The molecule has 2 heterocycles. The molecular formula is C9H12Cl2N4O. The molecule has 0 saturated carbocycles. The van der Waals surface area contributed by atoms with Gasteiger partial charge in [0.25, 0.3) is 5.91 Å². The van der Waals surface area contributed by atoms with Gasteiger partial charge in [-0.2, -0.15) is 0 Å². The molecule has 0 bridgehead atoms. The van der Waals surface area contributed by atoms with Gasteiger partial charge in [0.05, 0.1) is 11.1 Å². The number of rotatable bonds is 2. The molecule has 1 saturated heterocycles. The molecule has 0 atom stereocenters. The highest BCUT2D eigenvalue weighted by atomic mass is 35.5. The second-order valence-electron chi connectivity index (χ2n) is 3.45. The molecule has 0 unspecified atom stereocenters. The topological polar surface area (TPSA) is 58.1 Å². The number of amides is 1. The average Bonchev–Trinajstić information content (AvgIpc) is 2.15. The summed E-state index contributed by atoms with van der Waals surface area (Å²) in [5.41, 5.74) is 0.265. The van der Waals surface area contributed by atoms with Gasteiger partial charge in [0.15, 0.2) is 0 Å². The van der Waals surface area contributed by atoms with Crippen molar-refractivity contribution in [2.45, 2.75) is 6.04 Å². The highest BCUT2D eigenvalue weighted by Gasteiger charge is 2.27. The Kier molecular flexibility index (Phi) is 4.46. The van der Waals surface area contributed by atoms with Crippen molar-refractivity contribution < 1.29 is 4.79 Å². The minimum absolute atomic E-state index is 0. The van der Waals surface area contributed by atoms with Crippen LogP contribution in [-0.4, -0.2) is 47.0 Å². The van der Waals surface area contributed by atoms with Crippen molar-refractivity contribution >= 4 is 29.9 Å². The van der Waals surface area contributed by atoms with E-state index < -0.39 is 0 Å². The molecule has 0 radical (unpaired) electrons. The fourth-order valence-corrected chi connectivity index (χ4v) is 1.54. The predicted molar refractivity (Wildman–Crippen MR) is 63.0 cm³/mol. The molecule has 16 heavy (non-hydrogen) atoms. The zero-order chi connectivity index (χ0) is 10.8. The highest BCUT2D eigenvalue weighted by Crippen LogP contribution is 2.14. The summed E-state index contributed by atoms with van der Waals surface area (Å²) in [7, 11) is 1.76. The number of carbonyl (C=O) groups is 1. The Morgan fingerprint density at radius 1 is 1.62 bits per heavy atom.